The Bertz CT molecular complexity index is 1230. The van der Waals surface area contributed by atoms with Crippen molar-refractivity contribution in [2.24, 2.45) is 34.4 Å². The first-order chi connectivity index (χ1) is 25.4. The maximum Gasteiger partial charge on any atom is 0.335 e. The molecule has 4 heterocycles. The smallest absolute Gasteiger partial charge is 0.335 e. The van der Waals surface area contributed by atoms with E-state index in [9.17, 15) is 55.9 Å². The van der Waals surface area contributed by atoms with E-state index in [2.05, 4.69) is 0 Å². The molecule has 5 aliphatic rings. The van der Waals surface area contributed by atoms with Crippen LogP contribution in [0.2, 0.25) is 0 Å². The highest BCUT2D eigenvalue weighted by molar-refractivity contribution is 5.73. The molecule has 1 saturated carbocycles. The van der Waals surface area contributed by atoms with E-state index in [-0.39, 0.29) is 19.5 Å². The lowest BCUT2D eigenvalue weighted by atomic mass is 9.84. The zero-order chi connectivity index (χ0) is 39.9. The van der Waals surface area contributed by atoms with Crippen molar-refractivity contribution in [1.29, 1.82) is 0 Å². The minimum Gasteiger partial charge on any atom is -0.479 e. The number of aliphatic hydroxyl groups excluding tert-OH is 9. The molecule has 0 radical (unpaired) electrons. The van der Waals surface area contributed by atoms with Crippen molar-refractivity contribution in [1.82, 2.24) is 0 Å². The first kappa shape index (κ1) is 43.7. The fourth-order valence-electron chi connectivity index (χ4n) is 7.19. The number of carboxylic acid groups (broad SMARTS) is 1. The van der Waals surface area contributed by atoms with E-state index in [0.29, 0.717) is 0 Å². The number of carboxylic acids is 1. The van der Waals surface area contributed by atoms with Gasteiger partial charge in [-0.15, -0.1) is 0 Å². The third-order valence-electron chi connectivity index (χ3n) is 10.5. The van der Waals surface area contributed by atoms with E-state index in [1.165, 1.54) is 0 Å². The molecule has 25 nitrogen and oxygen atoms in total. The summed E-state index contributed by atoms with van der Waals surface area (Å²) in [6.45, 7) is -1.38. The summed E-state index contributed by atoms with van der Waals surface area (Å²) in [5.41, 5.74) is 36.2. The number of rotatable bonds is 12. The van der Waals surface area contributed by atoms with Crippen LogP contribution in [-0.2, 0) is 42.7 Å². The Morgan fingerprint density at radius 1 is 0.519 bits per heavy atom. The van der Waals surface area contributed by atoms with Crippen molar-refractivity contribution in [2.75, 3.05) is 19.7 Å². The fraction of sp³-hybridized carbons (Fsp3) is 0.966. The lowest BCUT2D eigenvalue weighted by Crippen LogP contribution is -2.68. The van der Waals surface area contributed by atoms with Gasteiger partial charge in [0, 0.05) is 25.2 Å². The average molecular weight is 791 g/mol. The molecule has 0 aromatic heterocycles. The lowest BCUT2D eigenvalue weighted by Gasteiger charge is -2.47. The number of hydrogen-bond donors (Lipinski definition) is 16. The minimum atomic E-state index is -2.11. The molecule has 5 unspecified atom stereocenters. The van der Waals surface area contributed by atoms with Crippen LogP contribution in [0.4, 0.5) is 0 Å². The third-order valence-corrected chi connectivity index (χ3v) is 10.5. The Balaban J connectivity index is 1.47. The molecule has 22 N–H and O–H groups in total. The summed E-state index contributed by atoms with van der Waals surface area (Å²) in [6, 6.07) is -4.84. The Morgan fingerprint density at radius 2 is 1.00 bits per heavy atom. The normalized spacial score (nSPS) is 53.0. The molecule has 25 heteroatoms. The molecule has 314 valence electrons. The Morgan fingerprint density at radius 3 is 1.50 bits per heavy atom. The predicted octanol–water partition coefficient (Wildman–Crippen LogP) is -11.0. The van der Waals surface area contributed by atoms with E-state index in [1.54, 1.807) is 0 Å². The molecule has 4 saturated heterocycles. The van der Waals surface area contributed by atoms with Crippen molar-refractivity contribution >= 4 is 5.97 Å². The van der Waals surface area contributed by atoms with Crippen LogP contribution in [0.3, 0.4) is 0 Å². The summed E-state index contributed by atoms with van der Waals surface area (Å²) in [6.07, 6.45) is -33.1. The van der Waals surface area contributed by atoms with Crippen LogP contribution in [0.1, 0.15) is 6.42 Å². The van der Waals surface area contributed by atoms with Crippen LogP contribution in [0.15, 0.2) is 0 Å². The molecule has 0 aromatic carbocycles. The van der Waals surface area contributed by atoms with Crippen molar-refractivity contribution in [2.45, 2.75) is 153 Å². The molecule has 0 aromatic rings. The highest BCUT2D eigenvalue weighted by Gasteiger charge is 2.57. The molecule has 0 spiro atoms. The molecule has 5 rings (SSSR count). The van der Waals surface area contributed by atoms with Gasteiger partial charge in [0.25, 0.3) is 0 Å². The summed E-state index contributed by atoms with van der Waals surface area (Å²) in [4.78, 5) is 11.9. The number of carbonyl (C=O) groups is 1. The van der Waals surface area contributed by atoms with Gasteiger partial charge in [-0.25, -0.2) is 4.79 Å². The quantitative estimate of drug-likeness (QED) is 0.0872. The molecular formula is C29H54N6O19. The monoisotopic (exact) mass is 790 g/mol. The Kier molecular flexibility index (Phi) is 14.6. The topological polar surface area (TPSA) is 449 Å². The zero-order valence-corrected chi connectivity index (χ0v) is 28.8. The minimum absolute atomic E-state index is 0.0398. The second-order valence-corrected chi connectivity index (χ2v) is 14.1. The van der Waals surface area contributed by atoms with Gasteiger partial charge in [-0.05, 0) is 6.42 Å². The number of ether oxygens (including phenoxy) is 8. The van der Waals surface area contributed by atoms with Crippen LogP contribution in [0, 0.1) is 0 Å². The number of aliphatic hydroxyl groups is 9. The lowest BCUT2D eigenvalue weighted by molar-refractivity contribution is -0.339. The zero-order valence-electron chi connectivity index (χ0n) is 28.8. The summed E-state index contributed by atoms with van der Waals surface area (Å²) < 4.78 is 46.9. The van der Waals surface area contributed by atoms with Crippen molar-refractivity contribution in [3.8, 4) is 0 Å². The van der Waals surface area contributed by atoms with Crippen LogP contribution in [-0.4, -0.2) is 224 Å². The SMILES string of the molecule is NC[C@@H]1O[C@H](O[C@H]2[C@@H](OC3OC(C(=O)O)C(O)C(O)C3O)[C@H](O[C@@H]3[C@@H](O)[C@H](N)C[C@H](N)[C@H]3O[C@H]3O[C@H](CN)[C@@H](O)[C@H](O)[C@H]3N)O[C@@H]2CO)[C@H](N)[C@@H](O)[C@@H]1O. The number of aliphatic carboxylic acids is 1. The van der Waals surface area contributed by atoms with E-state index >= 15 is 0 Å². The second-order valence-electron chi connectivity index (χ2n) is 14.1. The van der Waals surface area contributed by atoms with Gasteiger partial charge in [0.1, 0.15) is 85.5 Å². The van der Waals surface area contributed by atoms with Crippen molar-refractivity contribution in [3.05, 3.63) is 0 Å². The van der Waals surface area contributed by atoms with Crippen molar-refractivity contribution in [3.63, 3.8) is 0 Å². The summed E-state index contributed by atoms with van der Waals surface area (Å²) in [5, 5.41) is 105. The highest BCUT2D eigenvalue weighted by atomic mass is 16.8. The first-order valence-corrected chi connectivity index (χ1v) is 17.4. The fourth-order valence-corrected chi connectivity index (χ4v) is 7.19. The van der Waals surface area contributed by atoms with Gasteiger partial charge in [-0.2, -0.15) is 0 Å². The van der Waals surface area contributed by atoms with E-state index in [1.807, 2.05) is 0 Å². The van der Waals surface area contributed by atoms with Gasteiger partial charge in [0.2, 0.25) is 0 Å². The molecule has 5 fully saturated rings. The third kappa shape index (κ3) is 8.54. The Hall–Kier alpha value is -1.45. The van der Waals surface area contributed by atoms with E-state index in [0.717, 1.165) is 0 Å². The van der Waals surface area contributed by atoms with Gasteiger partial charge in [-0.3, -0.25) is 0 Å². The maximum absolute atomic E-state index is 11.9. The molecule has 0 bridgehead atoms. The maximum atomic E-state index is 11.9. The standard InChI is InChI=1S/C29H54N6O19/c30-2-7-13(38)15(40)10(34)26(47-7)50-20-6(33)1-5(32)12(37)22(20)52-29-24(54-28-19(44)17(42)18(43)23(53-28)25(45)46)21(9(4-36)49-29)51-27-11(35)16(41)14(39)8(3-31)48-27/h5-24,26-29,36-44H,1-4,30-35H2,(H,45,46)/t5-,6+,7-,8+,9-,10-,11-,12+,13-,14-,15-,16-,17?,18?,19?,20-,21-,22-,23?,24-,26-,27-,28?,29+/m1/s1. The van der Waals surface area contributed by atoms with Gasteiger partial charge in [0.05, 0.1) is 24.8 Å². The largest absolute Gasteiger partial charge is 0.479 e. The van der Waals surface area contributed by atoms with Crippen LogP contribution in [0.5, 0.6) is 0 Å². The highest BCUT2D eigenvalue weighted by Crippen LogP contribution is 2.37. The summed E-state index contributed by atoms with van der Waals surface area (Å²) in [7, 11) is 0. The van der Waals surface area contributed by atoms with Crippen LogP contribution < -0.4 is 34.4 Å². The second kappa shape index (κ2) is 18.0. The summed E-state index contributed by atoms with van der Waals surface area (Å²) >= 11 is 0. The van der Waals surface area contributed by atoms with E-state index < -0.39 is 160 Å². The molecule has 1 aliphatic carbocycles. The van der Waals surface area contributed by atoms with Crippen LogP contribution >= 0.6 is 0 Å². The molecule has 0 amide bonds. The van der Waals surface area contributed by atoms with Crippen molar-refractivity contribution < 1.29 is 93.8 Å². The van der Waals surface area contributed by atoms with Gasteiger partial charge >= 0.3 is 5.97 Å². The van der Waals surface area contributed by atoms with E-state index in [4.69, 9.17) is 72.3 Å². The Labute approximate surface area is 307 Å². The van der Waals surface area contributed by atoms with Crippen LogP contribution in [0.25, 0.3) is 0 Å². The summed E-state index contributed by atoms with van der Waals surface area (Å²) in [5.74, 6) is -1.73. The van der Waals surface area contributed by atoms with Gasteiger partial charge < -0.3 is 123 Å². The molecule has 24 atom stereocenters. The average Bonchev–Trinajstić information content (AvgIpc) is 3.46. The molecular weight excluding hydrogens is 736 g/mol. The molecule has 54 heavy (non-hydrogen) atoms. The first-order valence-electron chi connectivity index (χ1n) is 17.4. The molecule has 4 aliphatic heterocycles. The van der Waals surface area contributed by atoms with Gasteiger partial charge in [-0.1, -0.05) is 0 Å². The van der Waals surface area contributed by atoms with Gasteiger partial charge in [0.15, 0.2) is 31.3 Å². The number of nitrogens with two attached hydrogens (primary N) is 6. The number of hydrogen-bond acceptors (Lipinski definition) is 24. The predicted molar refractivity (Wildman–Crippen MR) is 172 cm³/mol.